The van der Waals surface area contributed by atoms with Crippen molar-refractivity contribution in [1.82, 2.24) is 4.98 Å². The summed E-state index contributed by atoms with van der Waals surface area (Å²) in [7, 11) is 0. The average Bonchev–Trinajstić information content (AvgIpc) is 2.74. The number of esters is 3. The molecule has 8 nitrogen and oxygen atoms in total. The van der Waals surface area contributed by atoms with Crippen molar-refractivity contribution < 1.29 is 33.7 Å². The van der Waals surface area contributed by atoms with Crippen molar-refractivity contribution in [2.45, 2.75) is 70.7 Å². The molecule has 0 aliphatic rings. The number of hydrogen-bond donors (Lipinski definition) is 1. The van der Waals surface area contributed by atoms with E-state index in [4.69, 9.17) is 14.2 Å². The monoisotopic (exact) mass is 553 g/mol. The number of hydrogen-bond acceptors (Lipinski definition) is 8. The van der Waals surface area contributed by atoms with E-state index in [1.54, 1.807) is 20.8 Å². The molecule has 1 N–H and O–H groups in total. The van der Waals surface area contributed by atoms with Crippen LogP contribution < -0.4 is 3.74 Å². The van der Waals surface area contributed by atoms with Gasteiger partial charge in [-0.3, -0.25) is 0 Å². The van der Waals surface area contributed by atoms with Gasteiger partial charge in [0.15, 0.2) is 0 Å². The van der Waals surface area contributed by atoms with Crippen molar-refractivity contribution in [3.8, 4) is 5.75 Å². The van der Waals surface area contributed by atoms with Crippen LogP contribution in [0.2, 0.25) is 4.47 Å². The molecule has 0 radical (unpaired) electrons. The van der Waals surface area contributed by atoms with Crippen molar-refractivity contribution >= 4 is 42.6 Å². The van der Waals surface area contributed by atoms with Crippen LogP contribution in [0.3, 0.4) is 0 Å². The SMILES string of the molecule is CCCCCCCC[Te]c1nc(C(=O)OCC)c(C(=O)OCC)c(C(=O)OCC)c1O. The molecule has 0 saturated heterocycles. The summed E-state index contributed by atoms with van der Waals surface area (Å²) < 4.78 is 16.2. The third-order valence-corrected chi connectivity index (χ3v) is 7.30. The Morgan fingerprint density at radius 1 is 0.774 bits per heavy atom. The Kier molecular flexibility index (Phi) is 13.2. The molecular formula is C22H33NO7Te. The fourth-order valence-electron chi connectivity index (χ4n) is 2.86. The third-order valence-electron chi connectivity index (χ3n) is 4.30. The number of aromatic nitrogens is 1. The zero-order valence-corrected chi connectivity index (χ0v) is 21.2. The second-order valence-electron chi connectivity index (χ2n) is 6.64. The molecule has 0 fully saturated rings. The zero-order valence-electron chi connectivity index (χ0n) is 18.8. The molecular weight excluding hydrogens is 518 g/mol. The number of nitrogens with zero attached hydrogens (tertiary/aromatic N) is 1. The number of rotatable bonds is 14. The van der Waals surface area contributed by atoms with Gasteiger partial charge in [-0.2, -0.15) is 0 Å². The Bertz CT molecular complexity index is 752. The van der Waals surface area contributed by atoms with Gasteiger partial charge in [0.25, 0.3) is 0 Å². The Labute approximate surface area is 194 Å². The van der Waals surface area contributed by atoms with Gasteiger partial charge >= 0.3 is 194 Å². The molecule has 0 aliphatic heterocycles. The number of pyridine rings is 1. The van der Waals surface area contributed by atoms with Crippen LogP contribution in [-0.4, -0.2) is 68.7 Å². The molecule has 31 heavy (non-hydrogen) atoms. The van der Waals surface area contributed by atoms with Gasteiger partial charge in [0.1, 0.15) is 0 Å². The van der Waals surface area contributed by atoms with E-state index in [1.165, 1.54) is 19.3 Å². The Morgan fingerprint density at radius 3 is 1.87 bits per heavy atom. The summed E-state index contributed by atoms with van der Waals surface area (Å²) in [6.07, 6.45) is 6.84. The molecule has 9 heteroatoms. The summed E-state index contributed by atoms with van der Waals surface area (Å²) in [5, 5.41) is 10.8. The maximum atomic E-state index is 12.6. The summed E-state index contributed by atoms with van der Waals surface area (Å²) in [5.41, 5.74) is -1.10. The summed E-state index contributed by atoms with van der Waals surface area (Å²) in [4.78, 5) is 42.0. The van der Waals surface area contributed by atoms with Gasteiger partial charge in [-0.25, -0.2) is 0 Å². The van der Waals surface area contributed by atoms with E-state index in [9.17, 15) is 19.5 Å². The van der Waals surface area contributed by atoms with Crippen LogP contribution in [0.4, 0.5) is 0 Å². The number of unbranched alkanes of at least 4 members (excludes halogenated alkanes) is 5. The van der Waals surface area contributed by atoms with E-state index in [1.807, 2.05) is 0 Å². The molecule has 1 aromatic rings. The standard InChI is InChI=1S/C22H33NO7Te/c1-5-9-10-11-12-13-14-31-19-18(24)16(21(26)29-7-3)15(20(25)28-6-2)17(23-19)22(27)30-8-4/h24H,5-14H2,1-4H3. The summed E-state index contributed by atoms with van der Waals surface area (Å²) in [6.45, 7) is 7.15. The molecule has 0 saturated carbocycles. The van der Waals surface area contributed by atoms with Crippen LogP contribution in [0.1, 0.15) is 97.4 Å². The van der Waals surface area contributed by atoms with Crippen molar-refractivity contribution in [2.75, 3.05) is 19.8 Å². The predicted octanol–water partition coefficient (Wildman–Crippen LogP) is 3.43. The minimum atomic E-state index is -1.00. The molecule has 0 amide bonds. The number of aromatic hydroxyl groups is 1. The number of ether oxygens (including phenoxy) is 3. The average molecular weight is 551 g/mol. The fraction of sp³-hybridized carbons (Fsp3) is 0.636. The zero-order chi connectivity index (χ0) is 23.2. The molecule has 174 valence electrons. The van der Waals surface area contributed by atoms with Crippen molar-refractivity contribution in [2.24, 2.45) is 0 Å². The van der Waals surface area contributed by atoms with Gasteiger partial charge in [-0.1, -0.05) is 0 Å². The van der Waals surface area contributed by atoms with Gasteiger partial charge in [0, 0.05) is 0 Å². The molecule has 1 heterocycles. The van der Waals surface area contributed by atoms with Crippen LogP contribution in [0.15, 0.2) is 0 Å². The molecule has 1 aromatic heterocycles. The topological polar surface area (TPSA) is 112 Å². The van der Waals surface area contributed by atoms with E-state index in [-0.39, 0.29) is 34.8 Å². The summed E-state index contributed by atoms with van der Waals surface area (Å²) >= 11 is -1.00. The fourth-order valence-corrected chi connectivity index (χ4v) is 5.53. The van der Waals surface area contributed by atoms with E-state index in [2.05, 4.69) is 11.9 Å². The van der Waals surface area contributed by atoms with E-state index >= 15 is 0 Å². The third kappa shape index (κ3) is 8.30. The number of carbonyl (C=O) groups excluding carboxylic acids is 3. The van der Waals surface area contributed by atoms with Gasteiger partial charge in [-0.15, -0.1) is 0 Å². The quantitative estimate of drug-likeness (QED) is 0.162. The molecule has 0 aliphatic carbocycles. The summed E-state index contributed by atoms with van der Waals surface area (Å²) in [6, 6.07) is 0. The minimum absolute atomic E-state index is 0.0259. The Balaban J connectivity index is 3.30. The van der Waals surface area contributed by atoms with Crippen LogP contribution in [0.5, 0.6) is 5.75 Å². The van der Waals surface area contributed by atoms with Crippen LogP contribution in [0.25, 0.3) is 0 Å². The first-order chi connectivity index (χ1) is 14.9. The Hall–Kier alpha value is -1.85. The van der Waals surface area contributed by atoms with Crippen molar-refractivity contribution in [3.63, 3.8) is 0 Å². The summed E-state index contributed by atoms with van der Waals surface area (Å²) in [5.74, 6) is -3.07. The molecule has 0 spiro atoms. The molecule has 0 aromatic carbocycles. The van der Waals surface area contributed by atoms with Crippen LogP contribution in [-0.2, 0) is 14.2 Å². The Morgan fingerprint density at radius 2 is 1.29 bits per heavy atom. The molecule has 0 unspecified atom stereocenters. The van der Waals surface area contributed by atoms with Gasteiger partial charge < -0.3 is 0 Å². The van der Waals surface area contributed by atoms with Crippen LogP contribution >= 0.6 is 0 Å². The first-order valence-electron chi connectivity index (χ1n) is 10.8. The first-order valence-corrected chi connectivity index (χ1v) is 13.6. The van der Waals surface area contributed by atoms with Gasteiger partial charge in [0.05, 0.1) is 0 Å². The molecule has 1 rings (SSSR count). The van der Waals surface area contributed by atoms with E-state index in [0.29, 0.717) is 0 Å². The second-order valence-corrected chi connectivity index (χ2v) is 9.73. The van der Waals surface area contributed by atoms with E-state index in [0.717, 1.165) is 23.7 Å². The van der Waals surface area contributed by atoms with Crippen molar-refractivity contribution in [1.29, 1.82) is 0 Å². The van der Waals surface area contributed by atoms with Crippen molar-refractivity contribution in [3.05, 3.63) is 16.8 Å². The van der Waals surface area contributed by atoms with Gasteiger partial charge in [0.2, 0.25) is 0 Å². The maximum absolute atomic E-state index is 12.6. The molecule has 0 bridgehead atoms. The van der Waals surface area contributed by atoms with Crippen LogP contribution in [0, 0.1) is 0 Å². The first kappa shape index (κ1) is 27.2. The van der Waals surface area contributed by atoms with Gasteiger partial charge in [-0.05, 0) is 0 Å². The normalized spacial score (nSPS) is 10.6. The molecule has 0 atom stereocenters. The van der Waals surface area contributed by atoms with E-state index < -0.39 is 50.1 Å². The predicted molar refractivity (Wildman–Crippen MR) is 117 cm³/mol. The second kappa shape index (κ2) is 15.0. The number of carbonyl (C=O) groups is 3.